The number of morpholine rings is 1. The zero-order valence-electron chi connectivity index (χ0n) is 12.7. The van der Waals surface area contributed by atoms with Gasteiger partial charge in [-0.3, -0.25) is 4.79 Å². The Hall–Kier alpha value is -1.39. The van der Waals surface area contributed by atoms with Crippen molar-refractivity contribution in [3.8, 4) is 0 Å². The first-order valence-corrected chi connectivity index (χ1v) is 7.88. The highest BCUT2D eigenvalue weighted by atomic mass is 16.5. The Kier molecular flexibility index (Phi) is 4.56. The number of aryl methyl sites for hydroxylation is 1. The van der Waals surface area contributed by atoms with Gasteiger partial charge in [-0.15, -0.1) is 0 Å². The number of hydrogen-bond acceptors (Lipinski definition) is 3. The average molecular weight is 288 g/mol. The molecule has 1 aliphatic heterocycles. The maximum absolute atomic E-state index is 12.6. The summed E-state index contributed by atoms with van der Waals surface area (Å²) in [5, 5.41) is 3.31. The number of rotatable bonds is 3. The summed E-state index contributed by atoms with van der Waals surface area (Å²) in [4.78, 5) is 14.5. The smallest absolute Gasteiger partial charge is 0.225 e. The highest BCUT2D eigenvalue weighted by molar-refractivity contribution is 5.79. The summed E-state index contributed by atoms with van der Waals surface area (Å²) in [5.74, 6) is 0.389. The van der Waals surface area contributed by atoms with Crippen molar-refractivity contribution in [1.82, 2.24) is 10.2 Å². The zero-order chi connectivity index (χ0) is 14.7. The molecule has 1 aromatic rings. The minimum atomic E-state index is 0.126. The highest BCUT2D eigenvalue weighted by Gasteiger charge is 2.28. The summed E-state index contributed by atoms with van der Waals surface area (Å²) in [5.41, 5.74) is 2.75. The first kappa shape index (κ1) is 14.5. The lowest BCUT2D eigenvalue weighted by Gasteiger charge is -2.31. The van der Waals surface area contributed by atoms with Crippen LogP contribution in [0.4, 0.5) is 0 Å². The summed E-state index contributed by atoms with van der Waals surface area (Å²) in [6.07, 6.45) is 2.98. The van der Waals surface area contributed by atoms with Crippen LogP contribution in [0, 0.1) is 5.92 Å². The van der Waals surface area contributed by atoms with Crippen LogP contribution >= 0.6 is 0 Å². The van der Waals surface area contributed by atoms with Gasteiger partial charge in [0.25, 0.3) is 0 Å². The number of carbonyl (C=O) groups is 1. The Balaban J connectivity index is 1.58. The van der Waals surface area contributed by atoms with Gasteiger partial charge in [-0.2, -0.15) is 0 Å². The van der Waals surface area contributed by atoms with Gasteiger partial charge >= 0.3 is 0 Å². The van der Waals surface area contributed by atoms with Crippen LogP contribution in [0.3, 0.4) is 0 Å². The van der Waals surface area contributed by atoms with E-state index >= 15 is 0 Å². The van der Waals surface area contributed by atoms with Crippen molar-refractivity contribution in [1.29, 1.82) is 0 Å². The van der Waals surface area contributed by atoms with Crippen molar-refractivity contribution in [3.63, 3.8) is 0 Å². The fourth-order valence-electron chi connectivity index (χ4n) is 3.35. The molecule has 0 spiro atoms. The van der Waals surface area contributed by atoms with Gasteiger partial charge in [-0.05, 0) is 30.4 Å². The number of carbonyl (C=O) groups excluding carboxylic acids is 1. The van der Waals surface area contributed by atoms with E-state index in [2.05, 4.69) is 29.6 Å². The van der Waals surface area contributed by atoms with Gasteiger partial charge in [0.05, 0.1) is 12.7 Å². The molecule has 1 saturated heterocycles. The molecule has 0 saturated carbocycles. The lowest BCUT2D eigenvalue weighted by molar-refractivity contribution is -0.136. The first-order valence-electron chi connectivity index (χ1n) is 7.88. The van der Waals surface area contributed by atoms with Crippen molar-refractivity contribution in [3.05, 3.63) is 35.4 Å². The van der Waals surface area contributed by atoms with Crippen LogP contribution in [0.5, 0.6) is 0 Å². The monoisotopic (exact) mass is 288 g/mol. The van der Waals surface area contributed by atoms with E-state index in [0.29, 0.717) is 6.54 Å². The van der Waals surface area contributed by atoms with Crippen LogP contribution in [-0.2, 0) is 22.4 Å². The van der Waals surface area contributed by atoms with Crippen LogP contribution in [-0.4, -0.2) is 50.2 Å². The lowest BCUT2D eigenvalue weighted by atomic mass is 9.83. The molecule has 4 heteroatoms. The molecule has 0 aromatic heterocycles. The van der Waals surface area contributed by atoms with Gasteiger partial charge in [0, 0.05) is 32.6 Å². The summed E-state index contributed by atoms with van der Waals surface area (Å²) in [6.45, 7) is 3.17. The van der Waals surface area contributed by atoms with Gasteiger partial charge < -0.3 is 15.0 Å². The third kappa shape index (κ3) is 3.44. The van der Waals surface area contributed by atoms with Crippen molar-refractivity contribution in [2.24, 2.45) is 5.92 Å². The van der Waals surface area contributed by atoms with E-state index in [9.17, 15) is 4.79 Å². The van der Waals surface area contributed by atoms with E-state index in [1.54, 1.807) is 0 Å². The predicted octanol–water partition coefficient (Wildman–Crippen LogP) is 1.24. The highest BCUT2D eigenvalue weighted by Crippen LogP contribution is 2.26. The number of amides is 1. The molecule has 2 atom stereocenters. The lowest BCUT2D eigenvalue weighted by Crippen LogP contribution is -2.47. The number of hydrogen-bond donors (Lipinski definition) is 1. The summed E-state index contributed by atoms with van der Waals surface area (Å²) in [6, 6.07) is 8.49. The maximum Gasteiger partial charge on any atom is 0.225 e. The molecule has 1 aromatic carbocycles. The number of likely N-dealkylation sites (N-methyl/N-ethyl adjacent to an activating group) is 1. The third-order valence-electron chi connectivity index (χ3n) is 4.55. The Morgan fingerprint density at radius 2 is 2.19 bits per heavy atom. The fraction of sp³-hybridized carbons (Fsp3) is 0.588. The van der Waals surface area contributed by atoms with Crippen LogP contribution < -0.4 is 5.32 Å². The molecule has 3 rings (SSSR count). The third-order valence-corrected chi connectivity index (χ3v) is 4.55. The van der Waals surface area contributed by atoms with Gasteiger partial charge in [-0.1, -0.05) is 24.3 Å². The predicted molar refractivity (Wildman–Crippen MR) is 82.2 cm³/mol. The topological polar surface area (TPSA) is 41.6 Å². The minimum Gasteiger partial charge on any atom is -0.374 e. The van der Waals surface area contributed by atoms with Crippen LogP contribution in [0.25, 0.3) is 0 Å². The van der Waals surface area contributed by atoms with Crippen LogP contribution in [0.1, 0.15) is 17.5 Å². The normalized spacial score (nSPS) is 25.2. The van der Waals surface area contributed by atoms with E-state index in [-0.39, 0.29) is 17.9 Å². The summed E-state index contributed by atoms with van der Waals surface area (Å²) in [7, 11) is 1.90. The molecule has 0 radical (unpaired) electrons. The second-order valence-corrected chi connectivity index (χ2v) is 6.12. The molecule has 4 nitrogen and oxygen atoms in total. The van der Waals surface area contributed by atoms with Crippen molar-refractivity contribution in [2.75, 3.05) is 33.3 Å². The molecule has 1 amide bonds. The Bertz CT molecular complexity index is 497. The molecule has 1 N–H and O–H groups in total. The SMILES string of the molecule is CN(CC1CNCCO1)C(=O)C1CCc2ccccc2C1. The second-order valence-electron chi connectivity index (χ2n) is 6.12. The number of benzene rings is 1. The molecule has 1 fully saturated rings. The van der Waals surface area contributed by atoms with E-state index in [0.717, 1.165) is 39.0 Å². The zero-order valence-corrected chi connectivity index (χ0v) is 12.7. The standard InChI is InChI=1S/C17H24N2O2/c1-19(12-16-11-18-8-9-21-16)17(20)15-7-6-13-4-2-3-5-14(13)10-15/h2-5,15-16,18H,6-12H2,1H3. The summed E-state index contributed by atoms with van der Waals surface area (Å²) >= 11 is 0. The van der Waals surface area contributed by atoms with E-state index in [1.807, 2.05) is 11.9 Å². The van der Waals surface area contributed by atoms with E-state index in [1.165, 1.54) is 11.1 Å². The number of ether oxygens (including phenoxy) is 1. The molecule has 1 aliphatic carbocycles. The van der Waals surface area contributed by atoms with E-state index < -0.39 is 0 Å². The van der Waals surface area contributed by atoms with Gasteiger partial charge in [-0.25, -0.2) is 0 Å². The second kappa shape index (κ2) is 6.58. The molecular weight excluding hydrogens is 264 g/mol. The molecular formula is C17H24N2O2. The Morgan fingerprint density at radius 1 is 1.38 bits per heavy atom. The molecule has 21 heavy (non-hydrogen) atoms. The van der Waals surface area contributed by atoms with Crippen LogP contribution in [0.15, 0.2) is 24.3 Å². The first-order chi connectivity index (χ1) is 10.2. The van der Waals surface area contributed by atoms with Crippen molar-refractivity contribution >= 4 is 5.91 Å². The maximum atomic E-state index is 12.6. The van der Waals surface area contributed by atoms with Gasteiger partial charge in [0.2, 0.25) is 5.91 Å². The quantitative estimate of drug-likeness (QED) is 0.910. The van der Waals surface area contributed by atoms with Gasteiger partial charge in [0.1, 0.15) is 0 Å². The molecule has 2 aliphatic rings. The number of fused-ring (bicyclic) bond motifs is 1. The largest absolute Gasteiger partial charge is 0.374 e. The molecule has 0 bridgehead atoms. The molecule has 2 unspecified atom stereocenters. The minimum absolute atomic E-state index is 0.126. The van der Waals surface area contributed by atoms with Crippen molar-refractivity contribution in [2.45, 2.75) is 25.4 Å². The average Bonchev–Trinajstić information content (AvgIpc) is 2.54. The molecule has 114 valence electrons. The Morgan fingerprint density at radius 3 is 2.95 bits per heavy atom. The van der Waals surface area contributed by atoms with Crippen LogP contribution in [0.2, 0.25) is 0 Å². The summed E-state index contributed by atoms with van der Waals surface area (Å²) < 4.78 is 5.69. The number of nitrogens with zero attached hydrogens (tertiary/aromatic N) is 1. The fourth-order valence-corrected chi connectivity index (χ4v) is 3.35. The van der Waals surface area contributed by atoms with E-state index in [4.69, 9.17) is 4.74 Å². The van der Waals surface area contributed by atoms with Gasteiger partial charge in [0.15, 0.2) is 0 Å². The Labute approximate surface area is 126 Å². The molecule has 1 heterocycles. The van der Waals surface area contributed by atoms with Crippen molar-refractivity contribution < 1.29 is 9.53 Å². The number of nitrogens with one attached hydrogen (secondary N) is 1.